The molecule has 0 aliphatic carbocycles. The second kappa shape index (κ2) is 10.6. The molecule has 4 heteroatoms. The van der Waals surface area contributed by atoms with E-state index in [1.165, 1.54) is 0 Å². The van der Waals surface area contributed by atoms with E-state index < -0.39 is 6.04 Å². The average molecular weight is 381 g/mol. The second-order valence-corrected chi connectivity index (χ2v) is 7.58. The molecule has 1 N–H and O–H groups in total. The van der Waals surface area contributed by atoms with Gasteiger partial charge in [0.15, 0.2) is 0 Å². The first-order valence-electron chi connectivity index (χ1n) is 10.1. The number of hydrogen-bond donors (Lipinski definition) is 1. The Kier molecular flexibility index (Phi) is 8.24. The van der Waals surface area contributed by atoms with Gasteiger partial charge in [0.2, 0.25) is 11.8 Å². The molecule has 1 atom stereocenters. The molecule has 2 amide bonds. The minimum atomic E-state index is -0.466. The van der Waals surface area contributed by atoms with Crippen molar-refractivity contribution in [3.8, 4) is 0 Å². The molecule has 2 aromatic rings. The molecule has 150 valence electrons. The molecule has 0 aromatic heterocycles. The smallest absolute Gasteiger partial charge is 0.243 e. The number of benzene rings is 2. The lowest BCUT2D eigenvalue weighted by Gasteiger charge is -2.31. The van der Waals surface area contributed by atoms with Gasteiger partial charge >= 0.3 is 0 Å². The Morgan fingerprint density at radius 3 is 2.29 bits per heavy atom. The molecule has 28 heavy (non-hydrogen) atoms. The topological polar surface area (TPSA) is 49.4 Å². The van der Waals surface area contributed by atoms with Crippen molar-refractivity contribution in [2.24, 2.45) is 0 Å². The minimum absolute atomic E-state index is 0.0103. The second-order valence-electron chi connectivity index (χ2n) is 7.58. The van der Waals surface area contributed by atoms with Crippen molar-refractivity contribution in [3.63, 3.8) is 0 Å². The van der Waals surface area contributed by atoms with Gasteiger partial charge in [0.1, 0.15) is 6.04 Å². The van der Waals surface area contributed by atoms with Crippen molar-refractivity contribution in [2.45, 2.75) is 65.6 Å². The fraction of sp³-hybridized carbons (Fsp3) is 0.417. The van der Waals surface area contributed by atoms with Crippen LogP contribution in [0.5, 0.6) is 0 Å². The van der Waals surface area contributed by atoms with Crippen LogP contribution in [-0.4, -0.2) is 28.8 Å². The summed E-state index contributed by atoms with van der Waals surface area (Å²) in [4.78, 5) is 27.6. The number of nitrogens with one attached hydrogen (secondary N) is 1. The molecule has 0 aliphatic heterocycles. The normalized spacial score (nSPS) is 11.9. The Bertz CT molecular complexity index is 771. The molecule has 0 spiro atoms. The van der Waals surface area contributed by atoms with E-state index in [4.69, 9.17) is 0 Å². The number of amides is 2. The number of rotatable bonds is 9. The van der Waals surface area contributed by atoms with Gasteiger partial charge in [0.25, 0.3) is 0 Å². The highest BCUT2D eigenvalue weighted by Crippen LogP contribution is 2.16. The highest BCUT2D eigenvalue weighted by molar-refractivity contribution is 5.87. The van der Waals surface area contributed by atoms with Crippen molar-refractivity contribution < 1.29 is 9.59 Å². The van der Waals surface area contributed by atoms with Crippen LogP contribution in [-0.2, 0) is 22.6 Å². The monoisotopic (exact) mass is 380 g/mol. The molecule has 2 aromatic carbocycles. The standard InChI is InChI=1S/C24H32N2O2/c1-5-22(24(28)25-18(2)3)26(17-21-13-9-10-19(4)16-21)23(27)15-14-20-11-7-6-8-12-20/h6-13,16,18,22H,5,14-15,17H2,1-4H3,(H,25,28)/t22-/m0/s1. The maximum Gasteiger partial charge on any atom is 0.243 e. The quantitative estimate of drug-likeness (QED) is 0.707. The zero-order valence-corrected chi connectivity index (χ0v) is 17.4. The van der Waals surface area contributed by atoms with E-state index in [1.54, 1.807) is 4.90 Å². The van der Waals surface area contributed by atoms with Crippen LogP contribution in [0, 0.1) is 6.92 Å². The van der Waals surface area contributed by atoms with Gasteiger partial charge in [-0.25, -0.2) is 0 Å². The van der Waals surface area contributed by atoms with Crippen molar-refractivity contribution in [1.82, 2.24) is 10.2 Å². The van der Waals surface area contributed by atoms with Crippen molar-refractivity contribution >= 4 is 11.8 Å². The lowest BCUT2D eigenvalue weighted by molar-refractivity contribution is -0.141. The third-order valence-corrected chi connectivity index (χ3v) is 4.72. The van der Waals surface area contributed by atoms with Gasteiger partial charge < -0.3 is 10.2 Å². The van der Waals surface area contributed by atoms with Gasteiger partial charge in [-0.05, 0) is 44.7 Å². The Morgan fingerprint density at radius 1 is 1.00 bits per heavy atom. The molecule has 0 bridgehead atoms. The van der Waals surface area contributed by atoms with Crippen molar-refractivity contribution in [3.05, 3.63) is 71.3 Å². The summed E-state index contributed by atoms with van der Waals surface area (Å²) in [7, 11) is 0. The van der Waals surface area contributed by atoms with E-state index in [9.17, 15) is 9.59 Å². The van der Waals surface area contributed by atoms with Crippen LogP contribution in [0.2, 0.25) is 0 Å². The van der Waals surface area contributed by atoms with E-state index in [1.807, 2.05) is 76.2 Å². The number of carbonyl (C=O) groups excluding carboxylic acids is 2. The maximum atomic E-state index is 13.1. The number of carbonyl (C=O) groups is 2. The van der Waals surface area contributed by atoms with E-state index >= 15 is 0 Å². The summed E-state index contributed by atoms with van der Waals surface area (Å²) >= 11 is 0. The van der Waals surface area contributed by atoms with Crippen LogP contribution in [0.1, 0.15) is 50.3 Å². The fourth-order valence-corrected chi connectivity index (χ4v) is 3.35. The van der Waals surface area contributed by atoms with E-state index in [2.05, 4.69) is 11.4 Å². The van der Waals surface area contributed by atoms with E-state index in [0.717, 1.165) is 16.7 Å². The van der Waals surface area contributed by atoms with Gasteiger partial charge in [-0.15, -0.1) is 0 Å². The summed E-state index contributed by atoms with van der Waals surface area (Å²) in [6.45, 7) is 8.31. The zero-order chi connectivity index (χ0) is 20.5. The van der Waals surface area contributed by atoms with Gasteiger partial charge in [-0.3, -0.25) is 9.59 Å². The number of nitrogens with zero attached hydrogens (tertiary/aromatic N) is 1. The summed E-state index contributed by atoms with van der Waals surface area (Å²) in [5.41, 5.74) is 3.32. The summed E-state index contributed by atoms with van der Waals surface area (Å²) in [5, 5.41) is 2.97. The summed E-state index contributed by atoms with van der Waals surface area (Å²) in [6.07, 6.45) is 1.65. The Hall–Kier alpha value is -2.62. The largest absolute Gasteiger partial charge is 0.352 e. The van der Waals surface area contributed by atoms with Crippen LogP contribution in [0.4, 0.5) is 0 Å². The predicted molar refractivity (Wildman–Crippen MR) is 114 cm³/mol. The third kappa shape index (κ3) is 6.52. The van der Waals surface area contributed by atoms with Gasteiger partial charge in [0, 0.05) is 19.0 Å². The first-order chi connectivity index (χ1) is 13.4. The van der Waals surface area contributed by atoms with Gasteiger partial charge in [0.05, 0.1) is 0 Å². The molecule has 0 aliphatic rings. The number of hydrogen-bond acceptors (Lipinski definition) is 2. The van der Waals surface area contributed by atoms with E-state index in [-0.39, 0.29) is 17.9 Å². The molecular weight excluding hydrogens is 348 g/mol. The predicted octanol–water partition coefficient (Wildman–Crippen LogP) is 4.26. The lowest BCUT2D eigenvalue weighted by Crippen LogP contribution is -2.50. The number of aryl methyl sites for hydroxylation is 2. The molecule has 2 rings (SSSR count). The molecule has 0 radical (unpaired) electrons. The highest BCUT2D eigenvalue weighted by atomic mass is 16.2. The molecule has 0 unspecified atom stereocenters. The highest BCUT2D eigenvalue weighted by Gasteiger charge is 2.28. The first kappa shape index (κ1) is 21.7. The van der Waals surface area contributed by atoms with E-state index in [0.29, 0.717) is 25.8 Å². The van der Waals surface area contributed by atoms with Crippen LogP contribution in [0.25, 0.3) is 0 Å². The van der Waals surface area contributed by atoms with Crippen LogP contribution in [0.3, 0.4) is 0 Å². The molecular formula is C24H32N2O2. The van der Waals surface area contributed by atoms with Crippen LogP contribution in [0.15, 0.2) is 54.6 Å². The molecule has 4 nitrogen and oxygen atoms in total. The summed E-state index contributed by atoms with van der Waals surface area (Å²) in [6, 6.07) is 17.7. The molecule has 0 heterocycles. The third-order valence-electron chi connectivity index (χ3n) is 4.72. The zero-order valence-electron chi connectivity index (χ0n) is 17.4. The average Bonchev–Trinajstić information content (AvgIpc) is 2.66. The van der Waals surface area contributed by atoms with Crippen molar-refractivity contribution in [1.29, 1.82) is 0 Å². The maximum absolute atomic E-state index is 13.1. The fourth-order valence-electron chi connectivity index (χ4n) is 3.35. The first-order valence-corrected chi connectivity index (χ1v) is 10.1. The summed E-state index contributed by atoms with van der Waals surface area (Å²) in [5.74, 6) is -0.0747. The molecule has 0 saturated heterocycles. The Labute approximate surface area is 169 Å². The Morgan fingerprint density at radius 2 is 1.68 bits per heavy atom. The SMILES string of the molecule is CC[C@@H](C(=O)NC(C)C)N(Cc1cccc(C)c1)C(=O)CCc1ccccc1. The lowest BCUT2D eigenvalue weighted by atomic mass is 10.1. The van der Waals surface area contributed by atoms with Gasteiger partial charge in [-0.2, -0.15) is 0 Å². The van der Waals surface area contributed by atoms with Crippen LogP contribution >= 0.6 is 0 Å². The minimum Gasteiger partial charge on any atom is -0.352 e. The van der Waals surface area contributed by atoms with Crippen molar-refractivity contribution in [2.75, 3.05) is 0 Å². The molecule has 0 fully saturated rings. The Balaban J connectivity index is 2.20. The van der Waals surface area contributed by atoms with Crippen LogP contribution < -0.4 is 5.32 Å². The molecule has 0 saturated carbocycles. The van der Waals surface area contributed by atoms with Gasteiger partial charge in [-0.1, -0.05) is 67.1 Å². The summed E-state index contributed by atoms with van der Waals surface area (Å²) < 4.78 is 0.